The minimum atomic E-state index is -0.936. The molecule has 0 bridgehead atoms. The molecule has 0 saturated carbocycles. The first-order valence-corrected chi connectivity index (χ1v) is 7.10. The van der Waals surface area contributed by atoms with Crippen LogP contribution in [0, 0.1) is 5.92 Å². The van der Waals surface area contributed by atoms with Gasteiger partial charge in [0.2, 0.25) is 0 Å². The standard InChI is InChI=1S/C12H17N3O4S/c1-14(3-8-6-20-7-13-8)12(18)15(2)10-5-19-4-9(10)11(16)17/h6-7,9-10H,3-5H2,1-2H3,(H,16,17). The number of urea groups is 1. The van der Waals surface area contributed by atoms with Crippen molar-refractivity contribution in [3.8, 4) is 0 Å². The molecular weight excluding hydrogens is 282 g/mol. The second-order valence-electron chi connectivity index (χ2n) is 4.78. The summed E-state index contributed by atoms with van der Waals surface area (Å²) in [5.74, 6) is -1.61. The van der Waals surface area contributed by atoms with Crippen molar-refractivity contribution in [2.45, 2.75) is 12.6 Å². The fourth-order valence-electron chi connectivity index (χ4n) is 2.20. The van der Waals surface area contributed by atoms with Crippen molar-refractivity contribution in [2.24, 2.45) is 5.92 Å². The third kappa shape index (κ3) is 3.07. The molecule has 2 unspecified atom stereocenters. The molecule has 2 rings (SSSR count). The predicted molar refractivity (Wildman–Crippen MR) is 72.5 cm³/mol. The molecule has 1 aromatic heterocycles. The maximum absolute atomic E-state index is 12.3. The van der Waals surface area contributed by atoms with Gasteiger partial charge in [0.05, 0.1) is 37.0 Å². The minimum Gasteiger partial charge on any atom is -0.481 e. The van der Waals surface area contributed by atoms with Crippen molar-refractivity contribution in [3.63, 3.8) is 0 Å². The average Bonchev–Trinajstić information content (AvgIpc) is 3.07. The van der Waals surface area contributed by atoms with E-state index in [0.717, 1.165) is 5.69 Å². The summed E-state index contributed by atoms with van der Waals surface area (Å²) >= 11 is 1.47. The number of thiazole rings is 1. The van der Waals surface area contributed by atoms with Crippen LogP contribution in [0.4, 0.5) is 4.79 Å². The molecule has 1 aromatic rings. The molecule has 0 aliphatic carbocycles. The maximum atomic E-state index is 12.3. The topological polar surface area (TPSA) is 83.0 Å². The number of carbonyl (C=O) groups is 2. The monoisotopic (exact) mass is 299 g/mol. The third-order valence-electron chi connectivity index (χ3n) is 3.38. The van der Waals surface area contributed by atoms with Crippen LogP contribution in [0.3, 0.4) is 0 Å². The minimum absolute atomic E-state index is 0.146. The summed E-state index contributed by atoms with van der Waals surface area (Å²) < 4.78 is 5.18. The quantitative estimate of drug-likeness (QED) is 0.886. The van der Waals surface area contributed by atoms with Gasteiger partial charge in [0.1, 0.15) is 5.92 Å². The number of aliphatic carboxylic acids is 1. The third-order valence-corrected chi connectivity index (χ3v) is 4.01. The van der Waals surface area contributed by atoms with Crippen LogP contribution in [0.1, 0.15) is 5.69 Å². The molecule has 2 heterocycles. The van der Waals surface area contributed by atoms with Gasteiger partial charge in [-0.1, -0.05) is 0 Å². The molecule has 2 atom stereocenters. The van der Waals surface area contributed by atoms with E-state index in [9.17, 15) is 9.59 Å². The molecule has 1 N–H and O–H groups in total. The molecule has 2 amide bonds. The van der Waals surface area contributed by atoms with E-state index in [2.05, 4.69) is 4.98 Å². The molecular formula is C12H17N3O4S. The second kappa shape index (κ2) is 6.19. The first-order chi connectivity index (χ1) is 9.50. The Hall–Kier alpha value is -1.67. The lowest BCUT2D eigenvalue weighted by Crippen LogP contribution is -2.48. The lowest BCUT2D eigenvalue weighted by Gasteiger charge is -2.30. The molecule has 1 aliphatic heterocycles. The Morgan fingerprint density at radius 3 is 2.85 bits per heavy atom. The molecule has 1 fully saturated rings. The van der Waals surface area contributed by atoms with E-state index in [1.807, 2.05) is 5.38 Å². The first-order valence-electron chi connectivity index (χ1n) is 6.16. The van der Waals surface area contributed by atoms with Crippen LogP contribution < -0.4 is 0 Å². The summed E-state index contributed by atoms with van der Waals surface area (Å²) in [6, 6.07) is -0.669. The van der Waals surface area contributed by atoms with E-state index < -0.39 is 17.9 Å². The Morgan fingerprint density at radius 1 is 1.50 bits per heavy atom. The average molecular weight is 299 g/mol. The highest BCUT2D eigenvalue weighted by Crippen LogP contribution is 2.20. The number of ether oxygens (including phenoxy) is 1. The first kappa shape index (κ1) is 14.7. The second-order valence-corrected chi connectivity index (χ2v) is 5.50. The van der Waals surface area contributed by atoms with Crippen molar-refractivity contribution in [2.75, 3.05) is 27.3 Å². The lowest BCUT2D eigenvalue weighted by molar-refractivity contribution is -0.142. The van der Waals surface area contributed by atoms with E-state index >= 15 is 0 Å². The van der Waals surface area contributed by atoms with Crippen LogP contribution in [0.2, 0.25) is 0 Å². The van der Waals surface area contributed by atoms with Gasteiger partial charge in [0.25, 0.3) is 0 Å². The van der Waals surface area contributed by atoms with Crippen molar-refractivity contribution in [1.82, 2.24) is 14.8 Å². The lowest BCUT2D eigenvalue weighted by atomic mass is 10.0. The van der Waals surface area contributed by atoms with Crippen molar-refractivity contribution in [3.05, 3.63) is 16.6 Å². The summed E-state index contributed by atoms with van der Waals surface area (Å²) in [4.78, 5) is 30.5. The number of carboxylic acids is 1. The van der Waals surface area contributed by atoms with E-state index in [-0.39, 0.29) is 19.2 Å². The summed E-state index contributed by atoms with van der Waals surface area (Å²) in [6.07, 6.45) is 0. The highest BCUT2D eigenvalue weighted by atomic mass is 32.1. The molecule has 1 aliphatic rings. The molecule has 0 radical (unpaired) electrons. The zero-order valence-electron chi connectivity index (χ0n) is 11.4. The summed E-state index contributed by atoms with van der Waals surface area (Å²) in [5, 5.41) is 11.0. The Bertz CT molecular complexity index is 479. The Kier molecular flexibility index (Phi) is 4.56. The van der Waals surface area contributed by atoms with Gasteiger partial charge in [-0.15, -0.1) is 11.3 Å². The van der Waals surface area contributed by atoms with E-state index in [4.69, 9.17) is 9.84 Å². The number of carboxylic acid groups (broad SMARTS) is 1. The molecule has 110 valence electrons. The summed E-state index contributed by atoms with van der Waals surface area (Å²) in [6.45, 7) is 0.801. The zero-order valence-corrected chi connectivity index (χ0v) is 12.2. The zero-order chi connectivity index (χ0) is 14.7. The smallest absolute Gasteiger partial charge is 0.320 e. The van der Waals surface area contributed by atoms with Gasteiger partial charge in [-0.3, -0.25) is 4.79 Å². The van der Waals surface area contributed by atoms with Gasteiger partial charge < -0.3 is 19.6 Å². The van der Waals surface area contributed by atoms with Gasteiger partial charge in [0, 0.05) is 19.5 Å². The normalized spacial score (nSPS) is 21.7. The number of likely N-dealkylation sites (N-methyl/N-ethyl adjacent to an activating group) is 1. The van der Waals surface area contributed by atoms with Crippen LogP contribution in [-0.4, -0.2) is 65.2 Å². The van der Waals surface area contributed by atoms with Crippen LogP contribution in [0.25, 0.3) is 0 Å². The summed E-state index contributed by atoms with van der Waals surface area (Å²) in [5.41, 5.74) is 2.53. The Morgan fingerprint density at radius 2 is 2.25 bits per heavy atom. The maximum Gasteiger partial charge on any atom is 0.320 e. The van der Waals surface area contributed by atoms with Gasteiger partial charge in [-0.25, -0.2) is 9.78 Å². The fourth-order valence-corrected chi connectivity index (χ4v) is 2.75. The van der Waals surface area contributed by atoms with Crippen LogP contribution in [0.5, 0.6) is 0 Å². The molecule has 0 spiro atoms. The van der Waals surface area contributed by atoms with Crippen LogP contribution in [-0.2, 0) is 16.1 Å². The largest absolute Gasteiger partial charge is 0.481 e. The van der Waals surface area contributed by atoms with E-state index in [1.165, 1.54) is 21.1 Å². The SMILES string of the molecule is CN(Cc1cscn1)C(=O)N(C)C1COCC1C(=O)O. The number of rotatable bonds is 4. The highest BCUT2D eigenvalue weighted by Gasteiger charge is 2.39. The van der Waals surface area contributed by atoms with Crippen molar-refractivity contribution < 1.29 is 19.4 Å². The Balaban J connectivity index is 1.99. The molecule has 8 heteroatoms. The van der Waals surface area contributed by atoms with E-state index in [0.29, 0.717) is 6.54 Å². The Labute approximate surface area is 120 Å². The number of amides is 2. The number of aromatic nitrogens is 1. The van der Waals surface area contributed by atoms with Gasteiger partial charge >= 0.3 is 12.0 Å². The van der Waals surface area contributed by atoms with Crippen molar-refractivity contribution in [1.29, 1.82) is 0 Å². The van der Waals surface area contributed by atoms with Crippen LogP contribution >= 0.6 is 11.3 Å². The molecule has 20 heavy (non-hydrogen) atoms. The fraction of sp³-hybridized carbons (Fsp3) is 0.583. The molecule has 1 saturated heterocycles. The van der Waals surface area contributed by atoms with Gasteiger partial charge in [0.15, 0.2) is 0 Å². The van der Waals surface area contributed by atoms with Gasteiger partial charge in [-0.2, -0.15) is 0 Å². The van der Waals surface area contributed by atoms with Crippen LogP contribution in [0.15, 0.2) is 10.9 Å². The number of carbonyl (C=O) groups excluding carboxylic acids is 1. The molecule has 0 aromatic carbocycles. The molecule has 7 nitrogen and oxygen atoms in total. The van der Waals surface area contributed by atoms with Gasteiger partial charge in [-0.05, 0) is 0 Å². The number of hydrogen-bond acceptors (Lipinski definition) is 5. The predicted octanol–water partition coefficient (Wildman–Crippen LogP) is 0.726. The van der Waals surface area contributed by atoms with Crippen molar-refractivity contribution >= 4 is 23.3 Å². The highest BCUT2D eigenvalue weighted by molar-refractivity contribution is 7.07. The number of nitrogens with zero attached hydrogens (tertiary/aromatic N) is 3. The number of hydrogen-bond donors (Lipinski definition) is 1. The summed E-state index contributed by atoms with van der Waals surface area (Å²) in [7, 11) is 3.28. The van der Waals surface area contributed by atoms with E-state index in [1.54, 1.807) is 19.6 Å².